The second kappa shape index (κ2) is 8.20. The molecule has 2 N–H and O–H groups in total. The lowest BCUT2D eigenvalue weighted by atomic mass is 9.80. The molecule has 0 atom stereocenters. The minimum absolute atomic E-state index is 0.327. The van der Waals surface area contributed by atoms with Gasteiger partial charge in [-0.25, -0.2) is 4.79 Å². The average molecular weight is 307 g/mol. The van der Waals surface area contributed by atoms with E-state index in [4.69, 9.17) is 14.8 Å². The lowest BCUT2D eigenvalue weighted by Gasteiger charge is -2.27. The monoisotopic (exact) mass is 307 g/mol. The van der Waals surface area contributed by atoms with Crippen LogP contribution in [0.25, 0.3) is 0 Å². The molecule has 122 valence electrons. The third-order valence-corrected chi connectivity index (χ3v) is 3.08. The molecule has 0 fully saturated rings. The van der Waals surface area contributed by atoms with Crippen LogP contribution in [0.1, 0.15) is 46.1 Å². The van der Waals surface area contributed by atoms with Crippen LogP contribution < -0.4 is 5.46 Å². The van der Waals surface area contributed by atoms with Gasteiger partial charge in [-0.05, 0) is 38.2 Å². The summed E-state index contributed by atoms with van der Waals surface area (Å²) in [6.07, 6.45) is 1.58. The predicted molar refractivity (Wildman–Crippen MR) is 87.8 cm³/mol. The van der Waals surface area contributed by atoms with Crippen molar-refractivity contribution in [2.45, 2.75) is 52.7 Å². The Morgan fingerprint density at radius 2 is 1.82 bits per heavy atom. The summed E-state index contributed by atoms with van der Waals surface area (Å²) in [6, 6.07) is 6.87. The Bertz CT molecular complexity index is 468. The molecule has 0 spiro atoms. The molecule has 0 heterocycles. The molecule has 0 saturated heterocycles. The van der Waals surface area contributed by atoms with E-state index in [1.165, 1.54) is 0 Å². The molecule has 5 nitrogen and oxygen atoms in total. The molecule has 0 aliphatic rings. The van der Waals surface area contributed by atoms with Gasteiger partial charge in [0.2, 0.25) is 0 Å². The maximum Gasteiger partial charge on any atom is 0.488 e. The Labute approximate surface area is 133 Å². The molecule has 6 heteroatoms. The molecule has 0 aromatic heterocycles. The van der Waals surface area contributed by atoms with Crippen molar-refractivity contribution < 1.29 is 19.6 Å². The highest BCUT2D eigenvalue weighted by Gasteiger charge is 2.22. The topological polar surface area (TPSA) is 70.0 Å². The maximum absolute atomic E-state index is 12.3. The third kappa shape index (κ3) is 6.49. The van der Waals surface area contributed by atoms with E-state index in [1.807, 2.05) is 20.8 Å². The number of hydrogen-bond acceptors (Lipinski definition) is 4. The third-order valence-electron chi connectivity index (χ3n) is 3.08. The van der Waals surface area contributed by atoms with Gasteiger partial charge in [-0.2, -0.15) is 0 Å². The zero-order valence-electron chi connectivity index (χ0n) is 13.9. The lowest BCUT2D eigenvalue weighted by Crippen LogP contribution is -2.37. The molecule has 22 heavy (non-hydrogen) atoms. The quantitative estimate of drug-likeness (QED) is 0.788. The van der Waals surface area contributed by atoms with Gasteiger partial charge in [-0.1, -0.05) is 37.6 Å². The van der Waals surface area contributed by atoms with E-state index in [9.17, 15) is 4.79 Å². The first-order valence-corrected chi connectivity index (χ1v) is 7.66. The van der Waals surface area contributed by atoms with Crippen molar-refractivity contribution >= 4 is 18.7 Å². The highest BCUT2D eigenvalue weighted by molar-refractivity contribution is 6.58. The molecule has 0 aliphatic carbocycles. The number of ether oxygens (including phenoxy) is 1. The highest BCUT2D eigenvalue weighted by atomic mass is 16.6. The van der Waals surface area contributed by atoms with Gasteiger partial charge in [0, 0.05) is 13.1 Å². The molecule has 0 bridgehead atoms. The smallest absolute Gasteiger partial charge is 0.444 e. The number of rotatable bonds is 6. The summed E-state index contributed by atoms with van der Waals surface area (Å²) in [5.41, 5.74) is 0.833. The van der Waals surface area contributed by atoms with Crippen molar-refractivity contribution in [3.05, 3.63) is 29.8 Å². The van der Waals surface area contributed by atoms with Gasteiger partial charge in [0.25, 0.3) is 0 Å². The Morgan fingerprint density at radius 1 is 1.23 bits per heavy atom. The van der Waals surface area contributed by atoms with Crippen LogP contribution in [0.2, 0.25) is 0 Å². The highest BCUT2D eigenvalue weighted by Crippen LogP contribution is 2.13. The van der Waals surface area contributed by atoms with Crippen LogP contribution in [0, 0.1) is 0 Å². The van der Waals surface area contributed by atoms with E-state index in [1.54, 1.807) is 29.2 Å². The number of hydrogen-bond donors (Lipinski definition) is 2. The van der Waals surface area contributed by atoms with Crippen LogP contribution in [0.3, 0.4) is 0 Å². The Morgan fingerprint density at radius 3 is 2.27 bits per heavy atom. The summed E-state index contributed by atoms with van der Waals surface area (Å²) < 4.78 is 5.44. The summed E-state index contributed by atoms with van der Waals surface area (Å²) in [5, 5.41) is 18.2. The van der Waals surface area contributed by atoms with Gasteiger partial charge in [-0.3, -0.25) is 0 Å². The van der Waals surface area contributed by atoms with Gasteiger partial charge in [-0.15, -0.1) is 0 Å². The first kappa shape index (κ1) is 18.5. The molecule has 1 aromatic carbocycles. The summed E-state index contributed by atoms with van der Waals surface area (Å²) in [7, 11) is -1.48. The van der Waals surface area contributed by atoms with Crippen molar-refractivity contribution in [2.24, 2.45) is 0 Å². The molecule has 1 aromatic rings. The fraction of sp³-hybridized carbons (Fsp3) is 0.562. The lowest BCUT2D eigenvalue weighted by molar-refractivity contribution is 0.0231. The number of amides is 1. The first-order valence-electron chi connectivity index (χ1n) is 7.66. The molecule has 1 amide bonds. The van der Waals surface area contributed by atoms with Crippen LogP contribution in [-0.2, 0) is 11.3 Å². The first-order chi connectivity index (χ1) is 10.2. The number of nitrogens with zero attached hydrogens (tertiary/aromatic N) is 1. The molecule has 0 aliphatic heterocycles. The largest absolute Gasteiger partial charge is 0.488 e. The van der Waals surface area contributed by atoms with Crippen LogP contribution in [-0.4, -0.2) is 40.3 Å². The zero-order valence-corrected chi connectivity index (χ0v) is 13.9. The maximum atomic E-state index is 12.3. The number of carbonyl (C=O) groups is 1. The normalized spacial score (nSPS) is 11.2. The fourth-order valence-electron chi connectivity index (χ4n) is 1.93. The van der Waals surface area contributed by atoms with E-state index in [0.717, 1.165) is 18.4 Å². The second-order valence-electron chi connectivity index (χ2n) is 6.37. The number of carbonyl (C=O) groups excluding carboxylic acids is 1. The molecular weight excluding hydrogens is 281 g/mol. The van der Waals surface area contributed by atoms with E-state index >= 15 is 0 Å². The average Bonchev–Trinajstić information content (AvgIpc) is 2.42. The summed E-state index contributed by atoms with van der Waals surface area (Å²) in [5.74, 6) is 0. The molecule has 0 radical (unpaired) electrons. The van der Waals surface area contributed by atoms with Crippen LogP contribution in [0.4, 0.5) is 4.79 Å². The van der Waals surface area contributed by atoms with Crippen LogP contribution in [0.15, 0.2) is 24.3 Å². The summed E-state index contributed by atoms with van der Waals surface area (Å²) >= 11 is 0. The van der Waals surface area contributed by atoms with Crippen molar-refractivity contribution in [3.63, 3.8) is 0 Å². The fourth-order valence-corrected chi connectivity index (χ4v) is 1.93. The molecule has 0 unspecified atom stereocenters. The summed E-state index contributed by atoms with van der Waals surface area (Å²) in [4.78, 5) is 13.9. The minimum Gasteiger partial charge on any atom is -0.444 e. The van der Waals surface area contributed by atoms with E-state index in [0.29, 0.717) is 18.6 Å². The summed E-state index contributed by atoms with van der Waals surface area (Å²) in [6.45, 7) is 8.69. The SMILES string of the molecule is CCCCN(Cc1ccc(B(O)O)cc1)C(=O)OC(C)(C)C. The Kier molecular flexibility index (Phi) is 6.90. The second-order valence-corrected chi connectivity index (χ2v) is 6.37. The zero-order chi connectivity index (χ0) is 16.8. The molecule has 0 saturated carbocycles. The van der Waals surface area contributed by atoms with Crippen LogP contribution >= 0.6 is 0 Å². The Hall–Kier alpha value is -1.53. The Balaban J connectivity index is 2.77. The van der Waals surface area contributed by atoms with Gasteiger partial charge < -0.3 is 19.7 Å². The minimum atomic E-state index is -1.48. The van der Waals surface area contributed by atoms with E-state index in [-0.39, 0.29) is 6.09 Å². The molecule has 1 rings (SSSR count). The number of benzene rings is 1. The van der Waals surface area contributed by atoms with Crippen molar-refractivity contribution in [2.75, 3.05) is 6.54 Å². The van der Waals surface area contributed by atoms with E-state index in [2.05, 4.69) is 6.92 Å². The van der Waals surface area contributed by atoms with Gasteiger partial charge >= 0.3 is 13.2 Å². The van der Waals surface area contributed by atoms with Crippen LogP contribution in [0.5, 0.6) is 0 Å². The molecular formula is C16H26BNO4. The van der Waals surface area contributed by atoms with Crippen molar-refractivity contribution in [1.82, 2.24) is 4.90 Å². The van der Waals surface area contributed by atoms with Crippen molar-refractivity contribution in [1.29, 1.82) is 0 Å². The number of unbranched alkanes of at least 4 members (excludes halogenated alkanes) is 1. The van der Waals surface area contributed by atoms with E-state index < -0.39 is 12.7 Å². The van der Waals surface area contributed by atoms with Gasteiger partial charge in [0.15, 0.2) is 0 Å². The predicted octanol–water partition coefficient (Wildman–Crippen LogP) is 1.90. The van der Waals surface area contributed by atoms with Gasteiger partial charge in [0.05, 0.1) is 0 Å². The van der Waals surface area contributed by atoms with Crippen molar-refractivity contribution in [3.8, 4) is 0 Å². The van der Waals surface area contributed by atoms with Gasteiger partial charge in [0.1, 0.15) is 5.60 Å². The standard InChI is InChI=1S/C16H26BNO4/c1-5-6-11-18(15(19)22-16(2,3)4)12-13-7-9-14(10-8-13)17(20)21/h7-10,20-21H,5-6,11-12H2,1-4H3.